The molecule has 2 N–H and O–H groups in total. The second-order valence-corrected chi connectivity index (χ2v) is 4.39. The van der Waals surface area contributed by atoms with E-state index in [1.807, 2.05) is 19.1 Å². The molecule has 0 amide bonds. The van der Waals surface area contributed by atoms with Gasteiger partial charge in [-0.1, -0.05) is 0 Å². The highest BCUT2D eigenvalue weighted by atomic mass is 16.5. The molecule has 1 aliphatic heterocycles. The van der Waals surface area contributed by atoms with Crippen molar-refractivity contribution in [3.63, 3.8) is 0 Å². The number of nitrogens with one attached hydrogen (secondary N) is 1. The van der Waals surface area contributed by atoms with Gasteiger partial charge in [-0.15, -0.1) is 0 Å². The zero-order chi connectivity index (χ0) is 12.3. The normalized spacial score (nSPS) is 19.9. The fourth-order valence-electron chi connectivity index (χ4n) is 2.08. The van der Waals surface area contributed by atoms with E-state index in [0.717, 1.165) is 37.3 Å². The molecule has 1 aliphatic rings. The van der Waals surface area contributed by atoms with Crippen LogP contribution in [0.25, 0.3) is 0 Å². The van der Waals surface area contributed by atoms with Crippen LogP contribution in [0.3, 0.4) is 0 Å². The molecule has 0 aliphatic carbocycles. The molecule has 1 saturated heterocycles. The maximum absolute atomic E-state index is 10.9. The lowest BCUT2D eigenvalue weighted by atomic mass is 10.1. The molecule has 4 nitrogen and oxygen atoms in total. The summed E-state index contributed by atoms with van der Waals surface area (Å²) in [6.07, 6.45) is 2.17. The van der Waals surface area contributed by atoms with Gasteiger partial charge in [0.25, 0.3) is 0 Å². The molecule has 1 atom stereocenters. The molecule has 0 aromatic heterocycles. The van der Waals surface area contributed by atoms with E-state index in [1.54, 1.807) is 6.07 Å². The van der Waals surface area contributed by atoms with E-state index in [2.05, 4.69) is 5.32 Å². The first-order valence-electron chi connectivity index (χ1n) is 5.85. The molecule has 17 heavy (non-hydrogen) atoms. The Balaban J connectivity index is 2.06. The Morgan fingerprint density at radius 3 is 2.94 bits per heavy atom. The van der Waals surface area contributed by atoms with Crippen molar-refractivity contribution in [2.24, 2.45) is 0 Å². The van der Waals surface area contributed by atoms with E-state index in [4.69, 9.17) is 9.84 Å². The van der Waals surface area contributed by atoms with Crippen molar-refractivity contribution in [1.29, 1.82) is 0 Å². The summed E-state index contributed by atoms with van der Waals surface area (Å²) in [6.45, 7) is 3.38. The van der Waals surface area contributed by atoms with Crippen LogP contribution in [0.1, 0.15) is 28.8 Å². The first-order valence-corrected chi connectivity index (χ1v) is 5.85. The van der Waals surface area contributed by atoms with Crippen LogP contribution in [-0.4, -0.2) is 30.3 Å². The second-order valence-electron chi connectivity index (χ2n) is 4.39. The molecule has 1 heterocycles. The van der Waals surface area contributed by atoms with Gasteiger partial charge in [-0.05, 0) is 43.5 Å². The Morgan fingerprint density at radius 2 is 2.35 bits per heavy atom. The SMILES string of the molecule is Cc1cc(NC2CCCOC2)ccc1C(=O)O. The van der Waals surface area contributed by atoms with Gasteiger partial charge in [0.2, 0.25) is 0 Å². The highest BCUT2D eigenvalue weighted by molar-refractivity contribution is 5.89. The van der Waals surface area contributed by atoms with Crippen molar-refractivity contribution in [3.8, 4) is 0 Å². The number of ether oxygens (including phenoxy) is 1. The second kappa shape index (κ2) is 5.19. The van der Waals surface area contributed by atoms with Crippen molar-refractivity contribution in [3.05, 3.63) is 29.3 Å². The molecule has 1 aromatic carbocycles. The number of hydrogen-bond acceptors (Lipinski definition) is 3. The molecule has 92 valence electrons. The molecule has 0 saturated carbocycles. The Bertz CT molecular complexity index is 411. The maximum atomic E-state index is 10.9. The van der Waals surface area contributed by atoms with Crippen LogP contribution in [0.4, 0.5) is 5.69 Å². The average molecular weight is 235 g/mol. The number of carboxylic acids is 1. The monoisotopic (exact) mass is 235 g/mol. The van der Waals surface area contributed by atoms with Crippen LogP contribution < -0.4 is 5.32 Å². The minimum atomic E-state index is -0.880. The third kappa shape index (κ3) is 2.97. The Morgan fingerprint density at radius 1 is 1.53 bits per heavy atom. The van der Waals surface area contributed by atoms with Gasteiger partial charge in [-0.2, -0.15) is 0 Å². The van der Waals surface area contributed by atoms with E-state index in [0.29, 0.717) is 11.6 Å². The number of carbonyl (C=O) groups is 1. The summed E-state index contributed by atoms with van der Waals surface area (Å²) in [7, 11) is 0. The number of aromatic carboxylic acids is 1. The lowest BCUT2D eigenvalue weighted by molar-refractivity contribution is 0.0696. The quantitative estimate of drug-likeness (QED) is 0.843. The third-order valence-electron chi connectivity index (χ3n) is 2.99. The predicted octanol–water partition coefficient (Wildman–Crippen LogP) is 2.28. The van der Waals surface area contributed by atoms with Crippen molar-refractivity contribution < 1.29 is 14.6 Å². The number of anilines is 1. The molecule has 1 aromatic rings. The third-order valence-corrected chi connectivity index (χ3v) is 2.99. The Kier molecular flexibility index (Phi) is 3.64. The summed E-state index contributed by atoms with van der Waals surface area (Å²) in [4.78, 5) is 10.9. The Labute approximate surface area is 101 Å². The maximum Gasteiger partial charge on any atom is 0.335 e. The predicted molar refractivity (Wildman–Crippen MR) is 65.6 cm³/mol. The van der Waals surface area contributed by atoms with Crippen molar-refractivity contribution in [2.45, 2.75) is 25.8 Å². The zero-order valence-corrected chi connectivity index (χ0v) is 9.90. The number of aryl methyl sites for hydroxylation is 1. The molecule has 2 rings (SSSR count). The highest BCUT2D eigenvalue weighted by Crippen LogP contribution is 2.18. The van der Waals surface area contributed by atoms with Crippen LogP contribution in [-0.2, 0) is 4.74 Å². The van der Waals surface area contributed by atoms with Gasteiger partial charge in [0.1, 0.15) is 0 Å². The van der Waals surface area contributed by atoms with E-state index in [9.17, 15) is 4.79 Å². The number of carboxylic acid groups (broad SMARTS) is 1. The molecule has 0 spiro atoms. The molecule has 1 fully saturated rings. The summed E-state index contributed by atoms with van der Waals surface area (Å²) in [5.41, 5.74) is 2.10. The summed E-state index contributed by atoms with van der Waals surface area (Å²) < 4.78 is 5.39. The number of benzene rings is 1. The zero-order valence-electron chi connectivity index (χ0n) is 9.90. The average Bonchev–Trinajstić information content (AvgIpc) is 2.30. The van der Waals surface area contributed by atoms with Crippen LogP contribution in [0.5, 0.6) is 0 Å². The van der Waals surface area contributed by atoms with Crippen molar-refractivity contribution in [2.75, 3.05) is 18.5 Å². The van der Waals surface area contributed by atoms with Crippen LogP contribution in [0, 0.1) is 6.92 Å². The Hall–Kier alpha value is -1.55. The standard InChI is InChI=1S/C13H17NO3/c1-9-7-10(4-5-12(9)13(15)16)14-11-3-2-6-17-8-11/h4-5,7,11,14H,2-3,6,8H2,1H3,(H,15,16). The van der Waals surface area contributed by atoms with E-state index in [-0.39, 0.29) is 0 Å². The van der Waals surface area contributed by atoms with Crippen molar-refractivity contribution in [1.82, 2.24) is 0 Å². The lowest BCUT2D eigenvalue weighted by Crippen LogP contribution is -2.29. The smallest absolute Gasteiger partial charge is 0.335 e. The first-order chi connectivity index (χ1) is 8.16. The van der Waals surface area contributed by atoms with Gasteiger partial charge < -0.3 is 15.2 Å². The van der Waals surface area contributed by atoms with Gasteiger partial charge in [-0.3, -0.25) is 0 Å². The van der Waals surface area contributed by atoms with E-state index in [1.165, 1.54) is 0 Å². The number of hydrogen-bond donors (Lipinski definition) is 2. The largest absolute Gasteiger partial charge is 0.478 e. The van der Waals surface area contributed by atoms with Crippen LogP contribution in [0.2, 0.25) is 0 Å². The lowest BCUT2D eigenvalue weighted by Gasteiger charge is -2.24. The highest BCUT2D eigenvalue weighted by Gasteiger charge is 2.14. The van der Waals surface area contributed by atoms with Crippen molar-refractivity contribution >= 4 is 11.7 Å². The summed E-state index contributed by atoms with van der Waals surface area (Å²) in [5.74, 6) is -0.880. The minimum Gasteiger partial charge on any atom is -0.478 e. The van der Waals surface area contributed by atoms with E-state index < -0.39 is 5.97 Å². The minimum absolute atomic E-state index is 0.332. The van der Waals surface area contributed by atoms with Gasteiger partial charge in [-0.25, -0.2) is 4.79 Å². The topological polar surface area (TPSA) is 58.6 Å². The van der Waals surface area contributed by atoms with Gasteiger partial charge >= 0.3 is 5.97 Å². The molecule has 0 bridgehead atoms. The first kappa shape index (κ1) is 11.9. The molecular weight excluding hydrogens is 218 g/mol. The fourth-order valence-corrected chi connectivity index (χ4v) is 2.08. The fraction of sp³-hybridized carbons (Fsp3) is 0.462. The van der Waals surface area contributed by atoms with Gasteiger partial charge in [0, 0.05) is 18.3 Å². The van der Waals surface area contributed by atoms with Gasteiger partial charge in [0.05, 0.1) is 12.2 Å². The van der Waals surface area contributed by atoms with Crippen LogP contribution in [0.15, 0.2) is 18.2 Å². The summed E-state index contributed by atoms with van der Waals surface area (Å²) in [6, 6.07) is 5.66. The molecule has 1 unspecified atom stereocenters. The number of rotatable bonds is 3. The van der Waals surface area contributed by atoms with E-state index >= 15 is 0 Å². The molecular formula is C13H17NO3. The summed E-state index contributed by atoms with van der Waals surface area (Å²) in [5, 5.41) is 12.3. The van der Waals surface area contributed by atoms with Crippen LogP contribution >= 0.6 is 0 Å². The molecule has 4 heteroatoms. The summed E-state index contributed by atoms with van der Waals surface area (Å²) >= 11 is 0. The molecule has 0 radical (unpaired) electrons. The van der Waals surface area contributed by atoms with Gasteiger partial charge in [0.15, 0.2) is 0 Å².